The van der Waals surface area contributed by atoms with Crippen molar-refractivity contribution >= 4 is 6.29 Å². The molecule has 1 aliphatic rings. The fraction of sp³-hybridized carbons (Fsp3) is 0.800. The maximum absolute atomic E-state index is 9.99. The summed E-state index contributed by atoms with van der Waals surface area (Å²) in [6.45, 7) is 2.19. The van der Waals surface area contributed by atoms with E-state index in [-0.39, 0.29) is 12.3 Å². The van der Waals surface area contributed by atoms with Crippen LogP contribution in [0.2, 0.25) is 0 Å². The van der Waals surface area contributed by atoms with E-state index in [1.165, 1.54) is 0 Å². The van der Waals surface area contributed by atoms with Gasteiger partial charge in [-0.3, -0.25) is 0 Å². The van der Waals surface area contributed by atoms with E-state index >= 15 is 0 Å². The van der Waals surface area contributed by atoms with E-state index in [1.807, 2.05) is 0 Å². The summed E-state index contributed by atoms with van der Waals surface area (Å²) in [6.07, 6.45) is 0.621. The smallest absolute Gasteiger partial charge is 0.150 e. The number of carbonyl (C=O) groups excluding carboxylic acids is 1. The molecular weight excluding hydrogens is 120 g/mol. The molecule has 4 nitrogen and oxygen atoms in total. The average molecular weight is 132 g/mol. The zero-order chi connectivity index (χ0) is 5.82. The third-order valence-electron chi connectivity index (χ3n) is 1.11. The van der Waals surface area contributed by atoms with Gasteiger partial charge in [0.25, 0.3) is 0 Å². The lowest BCUT2D eigenvalue weighted by atomic mass is 10.3. The molecule has 54 valence electrons. The van der Waals surface area contributed by atoms with Crippen LogP contribution in [-0.4, -0.2) is 32.1 Å². The number of ether oxygens (including phenoxy) is 1. The Balaban J connectivity index is 0.000000640. The molecule has 1 atom stereocenters. The largest absolute Gasteiger partial charge is 0.368 e. The van der Waals surface area contributed by atoms with E-state index < -0.39 is 0 Å². The summed E-state index contributed by atoms with van der Waals surface area (Å²) < 4.78 is 5.00. The van der Waals surface area contributed by atoms with Crippen LogP contribution in [-0.2, 0) is 9.53 Å². The van der Waals surface area contributed by atoms with Gasteiger partial charge < -0.3 is 21.0 Å². The number of hydrogen-bond acceptors (Lipinski definition) is 4. The van der Waals surface area contributed by atoms with Crippen LogP contribution in [0.1, 0.15) is 0 Å². The highest BCUT2D eigenvalue weighted by molar-refractivity contribution is 5.56. The number of morpholine rings is 1. The Bertz CT molecular complexity index is 81.0. The van der Waals surface area contributed by atoms with Crippen molar-refractivity contribution in [3.63, 3.8) is 0 Å². The molecule has 0 aromatic carbocycles. The van der Waals surface area contributed by atoms with Crippen molar-refractivity contribution in [2.75, 3.05) is 19.7 Å². The van der Waals surface area contributed by atoms with Crippen molar-refractivity contribution in [1.29, 1.82) is 0 Å². The van der Waals surface area contributed by atoms with Crippen molar-refractivity contribution in [3.05, 3.63) is 0 Å². The quantitative estimate of drug-likeness (QED) is 0.464. The van der Waals surface area contributed by atoms with Gasteiger partial charge >= 0.3 is 0 Å². The fourth-order valence-electron chi connectivity index (χ4n) is 0.673. The molecule has 0 saturated carbocycles. The highest BCUT2D eigenvalue weighted by Gasteiger charge is 2.09. The van der Waals surface area contributed by atoms with Crippen LogP contribution >= 0.6 is 0 Å². The van der Waals surface area contributed by atoms with Crippen molar-refractivity contribution in [2.45, 2.75) is 6.10 Å². The van der Waals surface area contributed by atoms with Gasteiger partial charge in [-0.25, -0.2) is 0 Å². The van der Waals surface area contributed by atoms with Crippen LogP contribution in [0, 0.1) is 0 Å². The van der Waals surface area contributed by atoms with E-state index in [4.69, 9.17) is 4.74 Å². The zero-order valence-corrected chi connectivity index (χ0v) is 5.30. The fourth-order valence-corrected chi connectivity index (χ4v) is 0.673. The highest BCUT2D eigenvalue weighted by Crippen LogP contribution is 1.89. The molecule has 0 amide bonds. The summed E-state index contributed by atoms with van der Waals surface area (Å²) in [4.78, 5) is 9.99. The number of rotatable bonds is 1. The first-order valence-corrected chi connectivity index (χ1v) is 2.71. The molecule has 0 bridgehead atoms. The van der Waals surface area contributed by atoms with Crippen LogP contribution in [0.3, 0.4) is 0 Å². The Labute approximate surface area is 54.2 Å². The van der Waals surface area contributed by atoms with Crippen molar-refractivity contribution in [1.82, 2.24) is 11.5 Å². The van der Waals surface area contributed by atoms with Gasteiger partial charge in [0, 0.05) is 13.1 Å². The molecular formula is C5H12N2O2. The van der Waals surface area contributed by atoms with Crippen LogP contribution in [0.5, 0.6) is 0 Å². The van der Waals surface area contributed by atoms with Gasteiger partial charge in [-0.15, -0.1) is 0 Å². The minimum Gasteiger partial charge on any atom is -0.368 e. The average Bonchev–Trinajstić information content (AvgIpc) is 1.90. The van der Waals surface area contributed by atoms with E-state index in [9.17, 15) is 4.79 Å². The number of aldehydes is 1. The Morgan fingerprint density at radius 2 is 2.44 bits per heavy atom. The van der Waals surface area contributed by atoms with E-state index in [0.717, 1.165) is 12.8 Å². The Morgan fingerprint density at radius 3 is 2.78 bits per heavy atom. The highest BCUT2D eigenvalue weighted by atomic mass is 16.5. The summed E-state index contributed by atoms with van der Waals surface area (Å²) in [6, 6.07) is 0. The monoisotopic (exact) mass is 132 g/mol. The maximum atomic E-state index is 9.99. The molecule has 1 unspecified atom stereocenters. The van der Waals surface area contributed by atoms with Gasteiger partial charge in [0.15, 0.2) is 0 Å². The predicted octanol–water partition coefficient (Wildman–Crippen LogP) is -0.664. The first kappa shape index (κ1) is 8.55. The molecule has 0 radical (unpaired) electrons. The molecule has 4 N–H and O–H groups in total. The minimum absolute atomic E-state index is 0. The molecule has 0 spiro atoms. The first-order valence-electron chi connectivity index (χ1n) is 2.71. The van der Waals surface area contributed by atoms with Crippen molar-refractivity contribution in [3.8, 4) is 0 Å². The van der Waals surface area contributed by atoms with Gasteiger partial charge in [0.2, 0.25) is 0 Å². The molecule has 0 aliphatic carbocycles. The second-order valence-electron chi connectivity index (χ2n) is 1.75. The molecule has 1 rings (SSSR count). The van der Waals surface area contributed by atoms with Gasteiger partial charge in [-0.1, -0.05) is 0 Å². The Morgan fingerprint density at radius 1 is 1.67 bits per heavy atom. The maximum Gasteiger partial charge on any atom is 0.150 e. The van der Waals surface area contributed by atoms with E-state index in [0.29, 0.717) is 13.2 Å². The van der Waals surface area contributed by atoms with Crippen LogP contribution < -0.4 is 11.5 Å². The molecule has 0 aromatic rings. The lowest BCUT2D eigenvalue weighted by Crippen LogP contribution is -2.39. The summed E-state index contributed by atoms with van der Waals surface area (Å²) in [7, 11) is 0. The molecule has 1 aliphatic heterocycles. The normalized spacial score (nSPS) is 26.4. The molecule has 9 heavy (non-hydrogen) atoms. The van der Waals surface area contributed by atoms with Crippen molar-refractivity contribution in [2.24, 2.45) is 0 Å². The lowest BCUT2D eigenvalue weighted by Gasteiger charge is -2.17. The molecule has 0 aromatic heterocycles. The predicted molar refractivity (Wildman–Crippen MR) is 33.7 cm³/mol. The SMILES string of the molecule is N.O=CC1CNCCO1. The Hall–Kier alpha value is -0.450. The summed E-state index contributed by atoms with van der Waals surface area (Å²) in [5.74, 6) is 0. The molecule has 1 fully saturated rings. The first-order chi connectivity index (χ1) is 3.93. The second kappa shape index (κ2) is 4.43. The van der Waals surface area contributed by atoms with Gasteiger partial charge in [0.05, 0.1) is 6.61 Å². The standard InChI is InChI=1S/C5H9NO2.H3N/c7-4-5-3-6-1-2-8-5;/h4-6H,1-3H2;1H3. The van der Waals surface area contributed by atoms with Gasteiger partial charge in [-0.2, -0.15) is 0 Å². The summed E-state index contributed by atoms with van der Waals surface area (Å²) in [5, 5.41) is 3.03. The van der Waals surface area contributed by atoms with Gasteiger partial charge in [-0.05, 0) is 0 Å². The third-order valence-corrected chi connectivity index (χ3v) is 1.11. The zero-order valence-electron chi connectivity index (χ0n) is 5.30. The lowest BCUT2D eigenvalue weighted by molar-refractivity contribution is -0.119. The summed E-state index contributed by atoms with van der Waals surface area (Å²) in [5.41, 5.74) is 0. The molecule has 4 heteroatoms. The third kappa shape index (κ3) is 2.55. The minimum atomic E-state index is -0.205. The van der Waals surface area contributed by atoms with Crippen LogP contribution in [0.15, 0.2) is 0 Å². The molecule has 1 heterocycles. The van der Waals surface area contributed by atoms with Gasteiger partial charge in [0.1, 0.15) is 12.4 Å². The van der Waals surface area contributed by atoms with Crippen LogP contribution in [0.4, 0.5) is 0 Å². The van der Waals surface area contributed by atoms with Crippen LogP contribution in [0.25, 0.3) is 0 Å². The van der Waals surface area contributed by atoms with E-state index in [1.54, 1.807) is 0 Å². The second-order valence-corrected chi connectivity index (χ2v) is 1.75. The molecule has 1 saturated heterocycles. The van der Waals surface area contributed by atoms with E-state index in [2.05, 4.69) is 5.32 Å². The number of carbonyl (C=O) groups is 1. The number of hydrogen-bond donors (Lipinski definition) is 2. The Kier molecular flexibility index (Phi) is 4.21. The summed E-state index contributed by atoms with van der Waals surface area (Å²) >= 11 is 0. The van der Waals surface area contributed by atoms with Crippen molar-refractivity contribution < 1.29 is 9.53 Å². The number of nitrogens with one attached hydrogen (secondary N) is 1. The topological polar surface area (TPSA) is 73.3 Å².